The van der Waals surface area contributed by atoms with E-state index in [2.05, 4.69) is 11.5 Å². The molecule has 2 heterocycles. The van der Waals surface area contributed by atoms with E-state index in [4.69, 9.17) is 4.74 Å². The van der Waals surface area contributed by atoms with Crippen molar-refractivity contribution >= 4 is 5.91 Å². The van der Waals surface area contributed by atoms with Gasteiger partial charge in [0.05, 0.1) is 12.2 Å². The number of ether oxygens (including phenoxy) is 1. The lowest BCUT2D eigenvalue weighted by atomic mass is 9.89. The number of carbonyl (C=O) groups excluding carboxylic acids is 1. The fourth-order valence-corrected chi connectivity index (χ4v) is 3.52. The molecule has 1 aromatic carbocycles. The molecule has 0 radical (unpaired) electrons. The van der Waals surface area contributed by atoms with Gasteiger partial charge < -0.3 is 9.64 Å². The van der Waals surface area contributed by atoms with Crippen LogP contribution in [0.4, 0.5) is 4.39 Å². The number of hydrogen-bond donors (Lipinski definition) is 0. The predicted octanol–water partition coefficient (Wildman–Crippen LogP) is 2.21. The Hall–Kier alpha value is -1.72. The fourth-order valence-electron chi connectivity index (χ4n) is 3.52. The summed E-state index contributed by atoms with van der Waals surface area (Å²) in [4.78, 5) is 15.8. The lowest BCUT2D eigenvalue weighted by Crippen LogP contribution is -2.57. The highest BCUT2D eigenvalue weighted by Gasteiger charge is 2.40. The molecular formula is C18H23FN2O2. The van der Waals surface area contributed by atoms with Gasteiger partial charge >= 0.3 is 0 Å². The molecule has 3 rings (SSSR count). The van der Waals surface area contributed by atoms with E-state index in [-0.39, 0.29) is 17.3 Å². The molecule has 0 atom stereocenters. The predicted molar refractivity (Wildman–Crippen MR) is 86.4 cm³/mol. The molecule has 1 aromatic rings. The highest BCUT2D eigenvalue weighted by molar-refractivity contribution is 5.87. The van der Waals surface area contributed by atoms with Crippen LogP contribution in [0.1, 0.15) is 18.4 Å². The summed E-state index contributed by atoms with van der Waals surface area (Å²) in [6, 6.07) is 6.76. The van der Waals surface area contributed by atoms with Crippen molar-refractivity contribution in [3.05, 3.63) is 48.3 Å². The molecule has 0 aliphatic carbocycles. The summed E-state index contributed by atoms with van der Waals surface area (Å²) >= 11 is 0. The topological polar surface area (TPSA) is 32.8 Å². The van der Waals surface area contributed by atoms with E-state index in [0.717, 1.165) is 38.0 Å². The van der Waals surface area contributed by atoms with Crippen LogP contribution in [0.25, 0.3) is 0 Å². The first-order valence-corrected chi connectivity index (χ1v) is 8.12. The summed E-state index contributed by atoms with van der Waals surface area (Å²) in [6.07, 6.45) is 3.05. The van der Waals surface area contributed by atoms with E-state index in [1.54, 1.807) is 12.1 Å². The normalized spacial score (nSPS) is 21.3. The number of amides is 1. The van der Waals surface area contributed by atoms with Gasteiger partial charge in [0.15, 0.2) is 0 Å². The third kappa shape index (κ3) is 3.79. The summed E-state index contributed by atoms with van der Waals surface area (Å²) < 4.78 is 19.4. The molecule has 2 saturated heterocycles. The van der Waals surface area contributed by atoms with Crippen LogP contribution in [0.5, 0.6) is 0 Å². The minimum atomic E-state index is -0.193. The molecule has 0 saturated carbocycles. The maximum atomic E-state index is 13.3. The molecule has 0 bridgehead atoms. The molecule has 2 aliphatic rings. The van der Waals surface area contributed by atoms with Gasteiger partial charge in [0.1, 0.15) is 5.82 Å². The van der Waals surface area contributed by atoms with Crippen molar-refractivity contribution in [2.24, 2.45) is 0 Å². The monoisotopic (exact) mass is 318 g/mol. The van der Waals surface area contributed by atoms with E-state index in [1.165, 1.54) is 12.1 Å². The van der Waals surface area contributed by atoms with Crippen molar-refractivity contribution in [1.29, 1.82) is 0 Å². The minimum Gasteiger partial charge on any atom is -0.372 e. The number of hydrogen-bond acceptors (Lipinski definition) is 3. The Morgan fingerprint density at radius 1 is 1.35 bits per heavy atom. The third-order valence-corrected chi connectivity index (χ3v) is 4.78. The standard InChI is InChI=1S/C18H23FN2O2/c1-2-17(22)21-8-6-18(7-9-21)14-20(10-11-23-18)13-15-4-3-5-16(19)12-15/h2-5,12H,1,6-11,13-14H2. The summed E-state index contributed by atoms with van der Waals surface area (Å²) in [5.41, 5.74) is 0.810. The number of carbonyl (C=O) groups is 1. The first-order valence-electron chi connectivity index (χ1n) is 8.12. The van der Waals surface area contributed by atoms with E-state index in [1.807, 2.05) is 11.0 Å². The van der Waals surface area contributed by atoms with Crippen LogP contribution < -0.4 is 0 Å². The van der Waals surface area contributed by atoms with Gasteiger partial charge in [0, 0.05) is 32.7 Å². The van der Waals surface area contributed by atoms with Crippen LogP contribution in [-0.2, 0) is 16.1 Å². The number of rotatable bonds is 3. The summed E-state index contributed by atoms with van der Waals surface area (Å²) in [5, 5.41) is 0. The Balaban J connectivity index is 1.60. The van der Waals surface area contributed by atoms with E-state index in [9.17, 15) is 9.18 Å². The van der Waals surface area contributed by atoms with Crippen molar-refractivity contribution in [3.8, 4) is 0 Å². The van der Waals surface area contributed by atoms with Crippen LogP contribution in [-0.4, -0.2) is 54.1 Å². The van der Waals surface area contributed by atoms with Crippen LogP contribution in [0, 0.1) is 5.82 Å². The van der Waals surface area contributed by atoms with Crippen LogP contribution in [0.3, 0.4) is 0 Å². The molecule has 23 heavy (non-hydrogen) atoms. The number of piperidine rings is 1. The van der Waals surface area contributed by atoms with Crippen molar-refractivity contribution in [2.45, 2.75) is 25.0 Å². The number of benzene rings is 1. The molecule has 124 valence electrons. The van der Waals surface area contributed by atoms with Gasteiger partial charge in [-0.3, -0.25) is 9.69 Å². The minimum absolute atomic E-state index is 0.00715. The van der Waals surface area contributed by atoms with Gasteiger partial charge in [-0.15, -0.1) is 0 Å². The molecule has 0 aromatic heterocycles. The second-order valence-corrected chi connectivity index (χ2v) is 6.40. The first-order chi connectivity index (χ1) is 11.1. The molecule has 1 amide bonds. The SMILES string of the molecule is C=CC(=O)N1CCC2(CC1)CN(Cc1cccc(F)c1)CCO2. The largest absolute Gasteiger partial charge is 0.372 e. The average Bonchev–Trinajstić information content (AvgIpc) is 2.55. The van der Waals surface area contributed by atoms with E-state index < -0.39 is 0 Å². The zero-order valence-electron chi connectivity index (χ0n) is 13.3. The van der Waals surface area contributed by atoms with Crippen LogP contribution >= 0.6 is 0 Å². The van der Waals surface area contributed by atoms with Crippen molar-refractivity contribution in [1.82, 2.24) is 9.80 Å². The van der Waals surface area contributed by atoms with Crippen molar-refractivity contribution in [2.75, 3.05) is 32.8 Å². The zero-order chi connectivity index (χ0) is 16.3. The Morgan fingerprint density at radius 2 is 2.13 bits per heavy atom. The molecule has 0 unspecified atom stereocenters. The molecule has 5 heteroatoms. The molecule has 0 N–H and O–H groups in total. The zero-order valence-corrected chi connectivity index (χ0v) is 13.3. The maximum absolute atomic E-state index is 13.3. The second kappa shape index (κ2) is 6.81. The number of likely N-dealkylation sites (tertiary alicyclic amines) is 1. The lowest BCUT2D eigenvalue weighted by Gasteiger charge is -2.47. The Kier molecular flexibility index (Phi) is 4.78. The van der Waals surface area contributed by atoms with Gasteiger partial charge in [0.25, 0.3) is 0 Å². The summed E-state index contributed by atoms with van der Waals surface area (Å²) in [6.45, 7) is 8.07. The molecule has 1 spiro atoms. The number of nitrogens with zero attached hydrogens (tertiary/aromatic N) is 2. The first kappa shape index (κ1) is 16.1. The molecule has 4 nitrogen and oxygen atoms in total. The highest BCUT2D eigenvalue weighted by atomic mass is 19.1. The summed E-state index contributed by atoms with van der Waals surface area (Å²) in [5.74, 6) is -0.200. The summed E-state index contributed by atoms with van der Waals surface area (Å²) in [7, 11) is 0. The van der Waals surface area contributed by atoms with Crippen LogP contribution in [0.15, 0.2) is 36.9 Å². The Morgan fingerprint density at radius 3 is 2.83 bits per heavy atom. The molecule has 2 aliphatic heterocycles. The molecular weight excluding hydrogens is 295 g/mol. The Bertz CT molecular complexity index is 582. The third-order valence-electron chi connectivity index (χ3n) is 4.78. The van der Waals surface area contributed by atoms with Crippen molar-refractivity contribution < 1.29 is 13.9 Å². The van der Waals surface area contributed by atoms with Gasteiger partial charge in [0.2, 0.25) is 5.91 Å². The van der Waals surface area contributed by atoms with Gasteiger partial charge in [-0.05, 0) is 36.6 Å². The van der Waals surface area contributed by atoms with Crippen molar-refractivity contribution in [3.63, 3.8) is 0 Å². The quantitative estimate of drug-likeness (QED) is 0.801. The van der Waals surface area contributed by atoms with Gasteiger partial charge in [-0.1, -0.05) is 18.7 Å². The highest BCUT2D eigenvalue weighted by Crippen LogP contribution is 2.30. The second-order valence-electron chi connectivity index (χ2n) is 6.40. The van der Waals surface area contributed by atoms with Crippen LogP contribution in [0.2, 0.25) is 0 Å². The molecule has 2 fully saturated rings. The smallest absolute Gasteiger partial charge is 0.245 e. The lowest BCUT2D eigenvalue weighted by molar-refractivity contribution is -0.148. The van der Waals surface area contributed by atoms with Gasteiger partial charge in [-0.25, -0.2) is 4.39 Å². The Labute approximate surface area is 136 Å². The maximum Gasteiger partial charge on any atom is 0.245 e. The average molecular weight is 318 g/mol. The van der Waals surface area contributed by atoms with Gasteiger partial charge in [-0.2, -0.15) is 0 Å². The number of halogens is 1. The van der Waals surface area contributed by atoms with E-state index in [0.29, 0.717) is 19.7 Å². The van der Waals surface area contributed by atoms with E-state index >= 15 is 0 Å². The fraction of sp³-hybridized carbons (Fsp3) is 0.500. The number of morpholine rings is 1.